The molecule has 0 aliphatic carbocycles. The Morgan fingerprint density at radius 1 is 0.667 bits per heavy atom. The third-order valence-electron chi connectivity index (χ3n) is 9.48. The summed E-state index contributed by atoms with van der Waals surface area (Å²) < 4.78 is 6.59. The van der Waals surface area contributed by atoms with Crippen LogP contribution >= 0.6 is 0 Å². The predicted octanol–water partition coefficient (Wildman–Crippen LogP) is 8.21. The molecule has 0 radical (unpaired) electrons. The van der Waals surface area contributed by atoms with Gasteiger partial charge in [0.1, 0.15) is 30.7 Å². The number of furan rings is 1. The quantitative estimate of drug-likeness (QED) is 0.151. The molecular formula is C44H33BO3. The summed E-state index contributed by atoms with van der Waals surface area (Å²) in [5.74, 6) is 0.976. The van der Waals surface area contributed by atoms with Gasteiger partial charge in [0.15, 0.2) is 0 Å². The maximum atomic E-state index is 10.8. The van der Waals surface area contributed by atoms with Gasteiger partial charge in [0, 0.05) is 22.6 Å². The first-order chi connectivity index (χ1) is 23.4. The topological polar surface area (TPSA) is 53.6 Å². The summed E-state index contributed by atoms with van der Waals surface area (Å²) in [6.07, 6.45) is 2.93. The highest BCUT2D eigenvalue weighted by molar-refractivity contribution is 6.36. The zero-order valence-corrected chi connectivity index (χ0v) is 26.9. The number of hydrogen-bond donors (Lipinski definition) is 2. The summed E-state index contributed by atoms with van der Waals surface area (Å²) in [5.41, 5.74) is 8.98. The van der Waals surface area contributed by atoms with Crippen molar-refractivity contribution in [3.8, 4) is 44.9 Å². The van der Waals surface area contributed by atoms with Crippen molar-refractivity contribution in [2.75, 3.05) is 0 Å². The molecule has 2 N–H and O–H groups in total. The van der Waals surface area contributed by atoms with Gasteiger partial charge in [-0.05, 0) is 90.5 Å². The lowest BCUT2D eigenvalue weighted by Gasteiger charge is -2.19. The molecule has 8 aromatic rings. The first kappa shape index (κ1) is 29.4. The lowest BCUT2D eigenvalue weighted by molar-refractivity contribution is 0.452. The molecule has 0 aliphatic rings. The lowest BCUT2D eigenvalue weighted by Crippen LogP contribution is -2.21. The Morgan fingerprint density at radius 3 is 1.92 bits per heavy atom. The Morgan fingerprint density at radius 2 is 1.27 bits per heavy atom. The van der Waals surface area contributed by atoms with Crippen LogP contribution in [0.3, 0.4) is 0 Å². The van der Waals surface area contributed by atoms with Crippen molar-refractivity contribution >= 4 is 58.5 Å². The normalized spacial score (nSPS) is 12.0. The number of aryl methyl sites for hydroxylation is 1. The van der Waals surface area contributed by atoms with Crippen LogP contribution in [0.15, 0.2) is 132 Å². The van der Waals surface area contributed by atoms with Gasteiger partial charge in [0.2, 0.25) is 0 Å². The first-order valence-electron chi connectivity index (χ1n) is 16.3. The molecule has 0 amide bonds. The van der Waals surface area contributed by atoms with Crippen LogP contribution < -0.4 is 15.9 Å². The van der Waals surface area contributed by atoms with Crippen LogP contribution in [0.2, 0.25) is 0 Å². The van der Waals surface area contributed by atoms with Gasteiger partial charge in [-0.25, -0.2) is 0 Å². The molecule has 0 spiro atoms. The van der Waals surface area contributed by atoms with Crippen molar-refractivity contribution in [3.05, 3.63) is 149 Å². The SMILES string of the molecule is Bc1cc(O)cc(O)c1-c1cccc(-c2c3ccccc3c(-c3cccc4oc(/C=c5/ccccc5=C)c(CC)c34)c3ccccc23)c1. The maximum absolute atomic E-state index is 10.8. The number of aromatic hydroxyl groups is 2. The standard InChI is InChI=1S/C44H33BO3/c1-3-31-40(23-27-13-5-4-12-26(27)2)48-39-21-11-20-36(44(31)39)43-34-18-8-6-16-32(34)41(33-17-7-9-19-35(33)43)28-14-10-15-29(22-28)42-37(45)24-30(46)25-38(42)47/h4-25,46-47H,2-3,45H2,1H3/b27-23-. The fourth-order valence-electron chi connectivity index (χ4n) is 7.41. The van der Waals surface area contributed by atoms with Crippen LogP contribution in [0.5, 0.6) is 11.5 Å². The highest BCUT2D eigenvalue weighted by Gasteiger charge is 2.22. The van der Waals surface area contributed by atoms with Crippen molar-refractivity contribution in [3.63, 3.8) is 0 Å². The average Bonchev–Trinajstić information content (AvgIpc) is 3.45. The van der Waals surface area contributed by atoms with E-state index in [-0.39, 0.29) is 11.5 Å². The maximum Gasteiger partial charge on any atom is 0.140 e. The van der Waals surface area contributed by atoms with Gasteiger partial charge in [-0.1, -0.05) is 122 Å². The summed E-state index contributed by atoms with van der Waals surface area (Å²) in [4.78, 5) is 0. The monoisotopic (exact) mass is 620 g/mol. The van der Waals surface area contributed by atoms with Gasteiger partial charge < -0.3 is 14.6 Å². The van der Waals surface area contributed by atoms with Crippen LogP contribution in [0, 0.1) is 0 Å². The molecule has 230 valence electrons. The summed E-state index contributed by atoms with van der Waals surface area (Å²) in [5, 5.41) is 28.7. The van der Waals surface area contributed by atoms with Gasteiger partial charge in [0.05, 0.1) is 0 Å². The second-order valence-corrected chi connectivity index (χ2v) is 12.4. The van der Waals surface area contributed by atoms with E-state index < -0.39 is 0 Å². The zero-order chi connectivity index (χ0) is 32.9. The lowest BCUT2D eigenvalue weighted by atomic mass is 9.83. The van der Waals surface area contributed by atoms with Gasteiger partial charge in [-0.2, -0.15) is 0 Å². The summed E-state index contributed by atoms with van der Waals surface area (Å²) in [7, 11) is 1.91. The van der Waals surface area contributed by atoms with E-state index in [1.807, 2.05) is 38.2 Å². The van der Waals surface area contributed by atoms with Crippen molar-refractivity contribution in [2.45, 2.75) is 13.3 Å². The molecule has 3 nitrogen and oxygen atoms in total. The number of hydrogen-bond acceptors (Lipinski definition) is 3. The molecular weight excluding hydrogens is 587 g/mol. The molecule has 0 aliphatic heterocycles. The van der Waals surface area contributed by atoms with Gasteiger partial charge in [0.25, 0.3) is 0 Å². The Kier molecular flexibility index (Phi) is 7.15. The predicted molar refractivity (Wildman–Crippen MR) is 203 cm³/mol. The second-order valence-electron chi connectivity index (χ2n) is 12.4. The molecule has 1 heterocycles. The summed E-state index contributed by atoms with van der Waals surface area (Å²) in [6, 6.07) is 43.2. The second kappa shape index (κ2) is 11.7. The number of phenolic OH excluding ortho intramolecular Hbond substituents is 2. The highest BCUT2D eigenvalue weighted by atomic mass is 16.3. The van der Waals surface area contributed by atoms with E-state index >= 15 is 0 Å². The molecule has 0 saturated carbocycles. The fourth-order valence-corrected chi connectivity index (χ4v) is 7.41. The first-order valence-corrected chi connectivity index (χ1v) is 16.3. The molecule has 0 unspecified atom stereocenters. The van der Waals surface area contributed by atoms with E-state index in [2.05, 4.69) is 105 Å². The van der Waals surface area contributed by atoms with E-state index in [1.165, 1.54) is 17.2 Å². The largest absolute Gasteiger partial charge is 0.508 e. The van der Waals surface area contributed by atoms with E-state index in [0.717, 1.165) is 82.8 Å². The molecule has 4 heteroatoms. The van der Waals surface area contributed by atoms with Crippen LogP contribution in [-0.4, -0.2) is 18.1 Å². The van der Waals surface area contributed by atoms with Crippen molar-refractivity contribution in [1.29, 1.82) is 0 Å². The molecule has 1 aromatic heterocycles. The van der Waals surface area contributed by atoms with E-state index in [9.17, 15) is 10.2 Å². The van der Waals surface area contributed by atoms with E-state index in [1.54, 1.807) is 6.07 Å². The average molecular weight is 621 g/mol. The molecule has 48 heavy (non-hydrogen) atoms. The van der Waals surface area contributed by atoms with E-state index in [4.69, 9.17) is 4.42 Å². The van der Waals surface area contributed by atoms with Crippen LogP contribution in [0.4, 0.5) is 0 Å². The molecule has 0 bridgehead atoms. The van der Waals surface area contributed by atoms with Crippen LogP contribution in [0.25, 0.3) is 78.5 Å². The number of phenols is 2. The molecule has 0 saturated heterocycles. The van der Waals surface area contributed by atoms with Crippen LogP contribution in [-0.2, 0) is 6.42 Å². The molecule has 0 atom stereocenters. The smallest absolute Gasteiger partial charge is 0.140 e. The summed E-state index contributed by atoms with van der Waals surface area (Å²) in [6.45, 7) is 6.42. The van der Waals surface area contributed by atoms with Gasteiger partial charge in [-0.15, -0.1) is 0 Å². The van der Waals surface area contributed by atoms with Crippen LogP contribution in [0.1, 0.15) is 18.2 Å². The Bertz CT molecular complexity index is 2590. The fraction of sp³-hybridized carbons (Fsp3) is 0.0455. The number of benzene rings is 7. The van der Waals surface area contributed by atoms with Crippen molar-refractivity contribution in [1.82, 2.24) is 0 Å². The molecule has 8 rings (SSSR count). The zero-order valence-electron chi connectivity index (χ0n) is 26.9. The summed E-state index contributed by atoms with van der Waals surface area (Å²) >= 11 is 0. The Labute approximate surface area is 279 Å². The third-order valence-corrected chi connectivity index (χ3v) is 9.48. The molecule has 7 aromatic carbocycles. The van der Waals surface area contributed by atoms with Crippen molar-refractivity contribution < 1.29 is 14.6 Å². The Balaban J connectivity index is 1.43. The minimum Gasteiger partial charge on any atom is -0.508 e. The molecule has 0 fully saturated rings. The van der Waals surface area contributed by atoms with Gasteiger partial charge in [-0.3, -0.25) is 0 Å². The minimum atomic E-state index is 0.0496. The minimum absolute atomic E-state index is 0.0496. The Hall–Kier alpha value is -6.00. The van der Waals surface area contributed by atoms with E-state index in [0.29, 0.717) is 5.56 Å². The number of fused-ring (bicyclic) bond motifs is 3. The number of rotatable bonds is 5. The van der Waals surface area contributed by atoms with Gasteiger partial charge >= 0.3 is 0 Å². The third kappa shape index (κ3) is 4.77. The highest BCUT2D eigenvalue weighted by Crippen LogP contribution is 2.47. The van der Waals surface area contributed by atoms with Crippen molar-refractivity contribution in [2.24, 2.45) is 0 Å².